The zero-order valence-electron chi connectivity index (χ0n) is 6.01. The lowest BCUT2D eigenvalue weighted by atomic mass is 10.5. The lowest BCUT2D eigenvalue weighted by Crippen LogP contribution is -1.81. The van der Waals surface area contributed by atoms with E-state index >= 15 is 0 Å². The van der Waals surface area contributed by atoms with Gasteiger partial charge >= 0.3 is 0 Å². The van der Waals surface area contributed by atoms with Crippen LogP contribution in [0.3, 0.4) is 0 Å². The maximum Gasteiger partial charge on any atom is 0.147 e. The first-order valence-corrected chi connectivity index (χ1v) is 3.83. The fraction of sp³-hybridized carbons (Fsp3) is 0.250. The van der Waals surface area contributed by atoms with Crippen molar-refractivity contribution in [2.75, 3.05) is 0 Å². The summed E-state index contributed by atoms with van der Waals surface area (Å²) in [5, 5.41) is 0. The molecule has 0 heterocycles. The average Bonchev–Trinajstić information content (AvgIpc) is 1.82. The summed E-state index contributed by atoms with van der Waals surface area (Å²) in [7, 11) is 0. The summed E-state index contributed by atoms with van der Waals surface area (Å²) in [5.74, 6) is 0. The molecule has 0 saturated heterocycles. The SMILES string of the molecule is C=C/C=C\C(=C)SC(C)F. The van der Waals surface area contributed by atoms with Crippen LogP contribution in [-0.4, -0.2) is 5.50 Å². The molecule has 0 aromatic heterocycles. The highest BCUT2D eigenvalue weighted by molar-refractivity contribution is 8.03. The van der Waals surface area contributed by atoms with Gasteiger partial charge in [0.1, 0.15) is 5.50 Å². The summed E-state index contributed by atoms with van der Waals surface area (Å²) in [4.78, 5) is 0.718. The Bertz CT molecular complexity index is 147. The highest BCUT2D eigenvalue weighted by Crippen LogP contribution is 2.21. The summed E-state index contributed by atoms with van der Waals surface area (Å²) < 4.78 is 12.2. The van der Waals surface area contributed by atoms with E-state index in [4.69, 9.17) is 0 Å². The van der Waals surface area contributed by atoms with Crippen molar-refractivity contribution < 1.29 is 4.39 Å². The number of hydrogen-bond acceptors (Lipinski definition) is 1. The molecule has 0 aliphatic carbocycles. The van der Waals surface area contributed by atoms with E-state index in [2.05, 4.69) is 13.2 Å². The second-order valence-corrected chi connectivity index (χ2v) is 3.13. The third-order valence-corrected chi connectivity index (χ3v) is 1.50. The van der Waals surface area contributed by atoms with Crippen LogP contribution in [0, 0.1) is 0 Å². The number of hydrogen-bond donors (Lipinski definition) is 0. The van der Waals surface area contributed by atoms with Gasteiger partial charge in [-0.15, -0.1) is 0 Å². The summed E-state index contributed by atoms with van der Waals surface area (Å²) in [6.07, 6.45) is 5.10. The number of alkyl halides is 1. The van der Waals surface area contributed by atoms with E-state index in [0.717, 1.165) is 16.7 Å². The number of rotatable bonds is 4. The molecule has 2 heteroatoms. The molecule has 10 heavy (non-hydrogen) atoms. The van der Waals surface area contributed by atoms with E-state index < -0.39 is 5.50 Å². The summed E-state index contributed by atoms with van der Waals surface area (Å²) >= 11 is 1.10. The fourth-order valence-corrected chi connectivity index (χ4v) is 0.998. The van der Waals surface area contributed by atoms with Crippen LogP contribution in [0.25, 0.3) is 0 Å². The molecule has 1 unspecified atom stereocenters. The summed E-state index contributed by atoms with van der Waals surface area (Å²) in [6.45, 7) is 8.59. The molecule has 0 aliphatic heterocycles. The zero-order valence-corrected chi connectivity index (χ0v) is 6.83. The minimum absolute atomic E-state index is 0.718. The smallest absolute Gasteiger partial charge is 0.147 e. The maximum absolute atomic E-state index is 12.2. The molecule has 0 saturated carbocycles. The molecule has 0 nitrogen and oxygen atoms in total. The molecule has 0 spiro atoms. The van der Waals surface area contributed by atoms with Crippen molar-refractivity contribution >= 4 is 11.8 Å². The Morgan fingerprint density at radius 1 is 1.70 bits per heavy atom. The lowest BCUT2D eigenvalue weighted by molar-refractivity contribution is 0.485. The Hall–Kier alpha value is -0.500. The maximum atomic E-state index is 12.2. The van der Waals surface area contributed by atoms with Gasteiger partial charge in [-0.05, 0) is 13.0 Å². The van der Waals surface area contributed by atoms with Gasteiger partial charge in [0, 0.05) is 4.91 Å². The molecular formula is C8H11FS. The van der Waals surface area contributed by atoms with E-state index in [1.807, 2.05) is 0 Å². The monoisotopic (exact) mass is 158 g/mol. The van der Waals surface area contributed by atoms with Crippen molar-refractivity contribution in [3.63, 3.8) is 0 Å². The van der Waals surface area contributed by atoms with Gasteiger partial charge in [-0.3, -0.25) is 0 Å². The second kappa shape index (κ2) is 5.30. The van der Waals surface area contributed by atoms with Crippen molar-refractivity contribution in [2.24, 2.45) is 0 Å². The predicted molar refractivity (Wildman–Crippen MR) is 46.6 cm³/mol. The molecule has 56 valence electrons. The summed E-state index contributed by atoms with van der Waals surface area (Å²) in [6, 6.07) is 0. The first-order chi connectivity index (χ1) is 4.66. The van der Waals surface area contributed by atoms with Crippen molar-refractivity contribution in [3.8, 4) is 0 Å². The molecule has 0 aromatic rings. The first kappa shape index (κ1) is 9.50. The Morgan fingerprint density at radius 2 is 2.30 bits per heavy atom. The van der Waals surface area contributed by atoms with Gasteiger partial charge in [-0.2, -0.15) is 0 Å². The van der Waals surface area contributed by atoms with Crippen molar-refractivity contribution in [3.05, 3.63) is 36.3 Å². The van der Waals surface area contributed by atoms with Gasteiger partial charge in [-0.1, -0.05) is 37.1 Å². The Morgan fingerprint density at radius 3 is 2.70 bits per heavy atom. The molecule has 0 bridgehead atoms. The average molecular weight is 158 g/mol. The minimum Gasteiger partial charge on any atom is -0.236 e. The molecule has 0 N–H and O–H groups in total. The molecule has 1 atom stereocenters. The third-order valence-electron chi connectivity index (χ3n) is 0.732. The van der Waals surface area contributed by atoms with Crippen LogP contribution in [0.2, 0.25) is 0 Å². The van der Waals surface area contributed by atoms with E-state index in [1.165, 1.54) is 6.92 Å². The van der Waals surface area contributed by atoms with Crippen LogP contribution in [0.15, 0.2) is 36.3 Å². The highest BCUT2D eigenvalue weighted by Gasteiger charge is 1.97. The minimum atomic E-state index is -0.887. The van der Waals surface area contributed by atoms with Gasteiger partial charge in [0.15, 0.2) is 0 Å². The van der Waals surface area contributed by atoms with E-state index in [-0.39, 0.29) is 0 Å². The topological polar surface area (TPSA) is 0 Å². The molecule has 0 aromatic carbocycles. The Balaban J connectivity index is 3.64. The highest BCUT2D eigenvalue weighted by atomic mass is 32.2. The van der Waals surface area contributed by atoms with E-state index in [0.29, 0.717) is 0 Å². The van der Waals surface area contributed by atoms with Crippen LogP contribution >= 0.6 is 11.8 Å². The quantitative estimate of drug-likeness (QED) is 0.566. The van der Waals surface area contributed by atoms with Gasteiger partial charge in [0.05, 0.1) is 0 Å². The van der Waals surface area contributed by atoms with Crippen molar-refractivity contribution in [2.45, 2.75) is 12.4 Å². The van der Waals surface area contributed by atoms with Gasteiger partial charge in [-0.25, -0.2) is 4.39 Å². The predicted octanol–water partition coefficient (Wildman–Crippen LogP) is 3.29. The summed E-state index contributed by atoms with van der Waals surface area (Å²) in [5.41, 5.74) is -0.887. The standard InChI is InChI=1S/C8H11FS/c1-4-5-6-7(2)10-8(3)9/h4-6,8H,1-2H2,3H3/b6-5-. The lowest BCUT2D eigenvalue weighted by Gasteiger charge is -1.98. The molecule has 0 aliphatic rings. The normalized spacial score (nSPS) is 13.4. The van der Waals surface area contributed by atoms with Crippen molar-refractivity contribution in [1.82, 2.24) is 0 Å². The fourth-order valence-electron chi connectivity index (χ4n) is 0.423. The van der Waals surface area contributed by atoms with Crippen LogP contribution in [-0.2, 0) is 0 Å². The number of thioether (sulfide) groups is 1. The molecule has 0 fully saturated rings. The Labute approximate surface area is 65.5 Å². The van der Waals surface area contributed by atoms with Crippen LogP contribution in [0.4, 0.5) is 4.39 Å². The van der Waals surface area contributed by atoms with Crippen LogP contribution < -0.4 is 0 Å². The number of allylic oxidation sites excluding steroid dienone is 3. The Kier molecular flexibility index (Phi) is 5.03. The van der Waals surface area contributed by atoms with E-state index in [9.17, 15) is 4.39 Å². The second-order valence-electron chi connectivity index (χ2n) is 1.72. The molecule has 0 rings (SSSR count). The van der Waals surface area contributed by atoms with Gasteiger partial charge in [0.25, 0.3) is 0 Å². The van der Waals surface area contributed by atoms with Crippen molar-refractivity contribution in [1.29, 1.82) is 0 Å². The molecule has 0 amide bonds. The number of halogens is 1. The van der Waals surface area contributed by atoms with Gasteiger partial charge in [0.2, 0.25) is 0 Å². The molecule has 0 radical (unpaired) electrons. The van der Waals surface area contributed by atoms with Crippen LogP contribution in [0.5, 0.6) is 0 Å². The van der Waals surface area contributed by atoms with Crippen LogP contribution in [0.1, 0.15) is 6.92 Å². The van der Waals surface area contributed by atoms with E-state index in [1.54, 1.807) is 18.2 Å². The third kappa shape index (κ3) is 5.63. The zero-order chi connectivity index (χ0) is 7.98. The largest absolute Gasteiger partial charge is 0.236 e. The molecular weight excluding hydrogens is 147 g/mol. The van der Waals surface area contributed by atoms with Gasteiger partial charge < -0.3 is 0 Å². The first-order valence-electron chi connectivity index (χ1n) is 2.95.